The number of aromatic nitrogens is 1. The molecule has 1 N–H and O–H groups in total. The van der Waals surface area contributed by atoms with Crippen LogP contribution in [0.4, 0.5) is 4.79 Å². The molecule has 1 aromatic rings. The maximum Gasteiger partial charge on any atom is 0.410 e. The van der Waals surface area contributed by atoms with Crippen LogP contribution in [-0.4, -0.2) is 45.7 Å². The van der Waals surface area contributed by atoms with Gasteiger partial charge < -0.3 is 14.7 Å². The van der Waals surface area contributed by atoms with E-state index in [1.54, 1.807) is 11.0 Å². The highest BCUT2D eigenvalue weighted by Gasteiger charge is 2.29. The summed E-state index contributed by atoms with van der Waals surface area (Å²) in [6.07, 6.45) is 1.41. The number of aromatic carboxylic acids is 1. The fraction of sp³-hybridized carbons (Fsp3) is 0.562. The molecule has 1 atom stereocenters. The predicted octanol–water partition coefficient (Wildman–Crippen LogP) is 2.89. The standard InChI is InChI=1S/C16H22N2O4/c1-16(2,3)22-15(21)18-9-5-6-11(10-18)12-7-4-8-13(17-12)14(19)20/h4,7-8,11H,5-6,9-10H2,1-3H3,(H,19,20). The molecule has 0 spiro atoms. The van der Waals surface area contributed by atoms with Crippen LogP contribution in [0.15, 0.2) is 18.2 Å². The molecule has 6 heteroatoms. The Morgan fingerprint density at radius 1 is 1.36 bits per heavy atom. The number of piperidine rings is 1. The molecular formula is C16H22N2O4. The highest BCUT2D eigenvalue weighted by molar-refractivity contribution is 5.85. The number of hydrogen-bond donors (Lipinski definition) is 1. The van der Waals surface area contributed by atoms with E-state index in [1.807, 2.05) is 26.8 Å². The zero-order valence-electron chi connectivity index (χ0n) is 13.2. The molecule has 1 aromatic heterocycles. The van der Waals surface area contributed by atoms with Gasteiger partial charge in [-0.2, -0.15) is 0 Å². The molecule has 1 amide bonds. The van der Waals surface area contributed by atoms with Crippen LogP contribution < -0.4 is 0 Å². The van der Waals surface area contributed by atoms with Gasteiger partial charge in [-0.15, -0.1) is 0 Å². The average Bonchev–Trinajstić information content (AvgIpc) is 2.46. The Morgan fingerprint density at radius 2 is 2.09 bits per heavy atom. The summed E-state index contributed by atoms with van der Waals surface area (Å²) in [5.41, 5.74) is 0.228. The van der Waals surface area contributed by atoms with Gasteiger partial charge in [0.1, 0.15) is 11.3 Å². The van der Waals surface area contributed by atoms with Crippen LogP contribution in [0.2, 0.25) is 0 Å². The molecule has 0 bridgehead atoms. The summed E-state index contributed by atoms with van der Waals surface area (Å²) in [6.45, 7) is 6.67. The molecule has 2 heterocycles. The van der Waals surface area contributed by atoms with Crippen LogP contribution in [-0.2, 0) is 4.74 Å². The highest BCUT2D eigenvalue weighted by atomic mass is 16.6. The molecule has 1 aliphatic rings. The Kier molecular flexibility index (Phi) is 4.68. The quantitative estimate of drug-likeness (QED) is 0.908. The maximum absolute atomic E-state index is 12.2. The van der Waals surface area contributed by atoms with E-state index >= 15 is 0 Å². The number of pyridine rings is 1. The second-order valence-electron chi connectivity index (χ2n) is 6.52. The number of carbonyl (C=O) groups is 2. The molecule has 1 fully saturated rings. The molecule has 0 radical (unpaired) electrons. The Morgan fingerprint density at radius 3 is 2.73 bits per heavy atom. The van der Waals surface area contributed by atoms with E-state index in [9.17, 15) is 9.59 Å². The molecule has 0 aromatic carbocycles. The first-order valence-corrected chi connectivity index (χ1v) is 7.44. The van der Waals surface area contributed by atoms with Crippen LogP contribution in [0, 0.1) is 0 Å². The van der Waals surface area contributed by atoms with Gasteiger partial charge in [0, 0.05) is 24.7 Å². The van der Waals surface area contributed by atoms with E-state index in [4.69, 9.17) is 9.84 Å². The lowest BCUT2D eigenvalue weighted by atomic mass is 9.94. The molecule has 1 aliphatic heterocycles. The minimum Gasteiger partial charge on any atom is -0.477 e. The number of likely N-dealkylation sites (tertiary alicyclic amines) is 1. The predicted molar refractivity (Wildman–Crippen MR) is 81.0 cm³/mol. The second kappa shape index (κ2) is 6.34. The molecule has 6 nitrogen and oxygen atoms in total. The highest BCUT2D eigenvalue weighted by Crippen LogP contribution is 2.26. The van der Waals surface area contributed by atoms with Gasteiger partial charge in [-0.25, -0.2) is 14.6 Å². The SMILES string of the molecule is CC(C)(C)OC(=O)N1CCCC(c2cccc(C(=O)O)n2)C1. The number of hydrogen-bond acceptors (Lipinski definition) is 4. The van der Waals surface area contributed by atoms with E-state index in [-0.39, 0.29) is 17.7 Å². The van der Waals surface area contributed by atoms with Crippen molar-refractivity contribution in [1.82, 2.24) is 9.88 Å². The summed E-state index contributed by atoms with van der Waals surface area (Å²) in [7, 11) is 0. The van der Waals surface area contributed by atoms with Gasteiger partial charge in [-0.1, -0.05) is 6.07 Å². The Balaban J connectivity index is 2.09. The van der Waals surface area contributed by atoms with Gasteiger partial charge >= 0.3 is 12.1 Å². The Bertz CT molecular complexity index is 566. The monoisotopic (exact) mass is 306 g/mol. The first-order valence-electron chi connectivity index (χ1n) is 7.44. The lowest BCUT2D eigenvalue weighted by Gasteiger charge is -2.34. The minimum absolute atomic E-state index is 0.0342. The van der Waals surface area contributed by atoms with Gasteiger partial charge in [0.25, 0.3) is 0 Å². The van der Waals surface area contributed by atoms with Gasteiger partial charge in [-0.05, 0) is 45.7 Å². The lowest BCUT2D eigenvalue weighted by molar-refractivity contribution is 0.0196. The Labute approximate surface area is 130 Å². The third kappa shape index (κ3) is 4.19. The number of ether oxygens (including phenoxy) is 1. The molecule has 1 saturated heterocycles. The molecule has 120 valence electrons. The topological polar surface area (TPSA) is 79.7 Å². The van der Waals surface area contributed by atoms with E-state index in [0.717, 1.165) is 12.8 Å². The molecule has 2 rings (SSSR count). The summed E-state index contributed by atoms with van der Waals surface area (Å²) in [5, 5.41) is 9.03. The third-order valence-corrected chi connectivity index (χ3v) is 3.48. The minimum atomic E-state index is -1.04. The van der Waals surface area contributed by atoms with E-state index in [1.165, 1.54) is 6.07 Å². The van der Waals surface area contributed by atoms with Crippen LogP contribution in [0.25, 0.3) is 0 Å². The molecule has 0 saturated carbocycles. The summed E-state index contributed by atoms with van der Waals surface area (Å²) >= 11 is 0. The molecule has 22 heavy (non-hydrogen) atoms. The van der Waals surface area contributed by atoms with Crippen LogP contribution in [0.1, 0.15) is 55.7 Å². The van der Waals surface area contributed by atoms with Gasteiger partial charge in [0.15, 0.2) is 0 Å². The van der Waals surface area contributed by atoms with Crippen molar-refractivity contribution in [2.45, 2.75) is 45.1 Å². The van der Waals surface area contributed by atoms with Crippen molar-refractivity contribution < 1.29 is 19.4 Å². The molecule has 0 aliphatic carbocycles. The van der Waals surface area contributed by atoms with Crippen molar-refractivity contribution in [2.24, 2.45) is 0 Å². The fourth-order valence-electron chi connectivity index (χ4n) is 2.51. The molecule has 1 unspecified atom stereocenters. The van der Waals surface area contributed by atoms with Crippen molar-refractivity contribution in [3.63, 3.8) is 0 Å². The largest absolute Gasteiger partial charge is 0.477 e. The van der Waals surface area contributed by atoms with E-state index < -0.39 is 11.6 Å². The van der Waals surface area contributed by atoms with Crippen molar-refractivity contribution in [3.05, 3.63) is 29.6 Å². The number of amides is 1. The van der Waals surface area contributed by atoms with Crippen molar-refractivity contribution in [1.29, 1.82) is 0 Å². The van der Waals surface area contributed by atoms with E-state index in [2.05, 4.69) is 4.98 Å². The lowest BCUT2D eigenvalue weighted by Crippen LogP contribution is -2.42. The van der Waals surface area contributed by atoms with Crippen LogP contribution >= 0.6 is 0 Å². The average molecular weight is 306 g/mol. The van der Waals surface area contributed by atoms with Gasteiger partial charge in [0.2, 0.25) is 0 Å². The Hall–Kier alpha value is -2.11. The first-order chi connectivity index (χ1) is 10.3. The smallest absolute Gasteiger partial charge is 0.410 e. The van der Waals surface area contributed by atoms with E-state index in [0.29, 0.717) is 18.8 Å². The summed E-state index contributed by atoms with van der Waals surface area (Å²) in [6, 6.07) is 4.98. The summed E-state index contributed by atoms with van der Waals surface area (Å²) < 4.78 is 5.40. The zero-order chi connectivity index (χ0) is 16.3. The van der Waals surface area contributed by atoms with Crippen molar-refractivity contribution >= 4 is 12.1 Å². The first kappa shape index (κ1) is 16.3. The fourth-order valence-corrected chi connectivity index (χ4v) is 2.51. The van der Waals surface area contributed by atoms with Gasteiger partial charge in [0.05, 0.1) is 0 Å². The number of rotatable bonds is 2. The zero-order valence-corrected chi connectivity index (χ0v) is 13.2. The normalized spacial score (nSPS) is 18.9. The summed E-state index contributed by atoms with van der Waals surface area (Å²) in [5.74, 6) is -0.998. The van der Waals surface area contributed by atoms with Gasteiger partial charge in [-0.3, -0.25) is 0 Å². The van der Waals surface area contributed by atoms with Crippen LogP contribution in [0.5, 0.6) is 0 Å². The van der Waals surface area contributed by atoms with Crippen molar-refractivity contribution in [2.75, 3.05) is 13.1 Å². The van der Waals surface area contributed by atoms with Crippen LogP contribution in [0.3, 0.4) is 0 Å². The number of carboxylic acid groups (broad SMARTS) is 1. The third-order valence-electron chi connectivity index (χ3n) is 3.48. The maximum atomic E-state index is 12.2. The van der Waals surface area contributed by atoms with Crippen molar-refractivity contribution in [3.8, 4) is 0 Å². The number of nitrogens with zero attached hydrogens (tertiary/aromatic N) is 2. The second-order valence-corrected chi connectivity index (χ2v) is 6.52. The molecular weight excluding hydrogens is 284 g/mol. The summed E-state index contributed by atoms with van der Waals surface area (Å²) in [4.78, 5) is 29.0. The number of carbonyl (C=O) groups excluding carboxylic acids is 1. The number of carboxylic acids is 1.